The highest BCUT2D eigenvalue weighted by Gasteiger charge is 2.32. The van der Waals surface area contributed by atoms with Gasteiger partial charge in [0.25, 0.3) is 5.91 Å². The number of carbonyl (C=O) groups excluding carboxylic acids is 2. The van der Waals surface area contributed by atoms with Gasteiger partial charge in [0.1, 0.15) is 5.75 Å². The van der Waals surface area contributed by atoms with Gasteiger partial charge in [0, 0.05) is 56.8 Å². The average molecular weight is 374 g/mol. The van der Waals surface area contributed by atoms with Gasteiger partial charge in [-0.15, -0.1) is 0 Å². The molecule has 2 amide bonds. The van der Waals surface area contributed by atoms with E-state index in [2.05, 4.69) is 10.2 Å². The van der Waals surface area contributed by atoms with Gasteiger partial charge in [-0.3, -0.25) is 14.5 Å². The third kappa shape index (κ3) is 5.20. The molecule has 3 rings (SSSR count). The minimum Gasteiger partial charge on any atom is -0.497 e. The minimum atomic E-state index is -0.0796. The van der Waals surface area contributed by atoms with E-state index in [-0.39, 0.29) is 23.8 Å². The molecule has 27 heavy (non-hydrogen) atoms. The Labute approximate surface area is 160 Å². The van der Waals surface area contributed by atoms with Crippen molar-refractivity contribution in [2.75, 3.05) is 46.4 Å². The molecule has 1 heterocycles. The third-order valence-electron chi connectivity index (χ3n) is 5.57. The first-order chi connectivity index (χ1) is 13.1. The van der Waals surface area contributed by atoms with E-state index < -0.39 is 0 Å². The fourth-order valence-corrected chi connectivity index (χ4v) is 3.86. The van der Waals surface area contributed by atoms with Crippen LogP contribution in [0.1, 0.15) is 29.6 Å². The van der Waals surface area contributed by atoms with Crippen LogP contribution in [0.2, 0.25) is 0 Å². The van der Waals surface area contributed by atoms with E-state index >= 15 is 0 Å². The molecule has 7 heteroatoms. The van der Waals surface area contributed by atoms with E-state index in [0.29, 0.717) is 12.1 Å². The Morgan fingerprint density at radius 3 is 2.44 bits per heavy atom. The molecule has 2 unspecified atom stereocenters. The lowest BCUT2D eigenvalue weighted by molar-refractivity contribution is -0.137. The summed E-state index contributed by atoms with van der Waals surface area (Å²) in [7, 11) is 1.60. The summed E-state index contributed by atoms with van der Waals surface area (Å²) in [4.78, 5) is 29.0. The van der Waals surface area contributed by atoms with E-state index in [1.165, 1.54) is 0 Å². The number of piperazine rings is 1. The van der Waals surface area contributed by atoms with Gasteiger partial charge in [-0.05, 0) is 43.5 Å². The molecule has 1 aromatic rings. The fraction of sp³-hybridized carbons (Fsp3) is 0.600. The molecule has 0 aromatic heterocycles. The monoisotopic (exact) mass is 374 g/mol. The average Bonchev–Trinajstić information content (AvgIpc) is 3.14. The van der Waals surface area contributed by atoms with Gasteiger partial charge in [0.05, 0.1) is 7.11 Å². The number of ether oxygens (including phenoxy) is 1. The molecule has 148 valence electrons. The molecule has 2 aliphatic rings. The molecular formula is C20H30N4O3. The standard InChI is InChI=1S/C20H30N4O3/c1-27-18-6-3-15(4-7-18)19(25)22-8-9-23-10-12-24(13-11-23)20(26)16-2-5-17(21)14-16/h3-4,6-7,16-17H,2,5,8-14,21H2,1H3,(H,22,25). The lowest BCUT2D eigenvalue weighted by Crippen LogP contribution is -2.51. The first-order valence-corrected chi connectivity index (χ1v) is 9.76. The second-order valence-corrected chi connectivity index (χ2v) is 7.42. The van der Waals surface area contributed by atoms with Crippen molar-refractivity contribution in [1.82, 2.24) is 15.1 Å². The van der Waals surface area contributed by atoms with Gasteiger partial charge in [0.15, 0.2) is 0 Å². The van der Waals surface area contributed by atoms with Crippen LogP contribution in [0.4, 0.5) is 0 Å². The highest BCUT2D eigenvalue weighted by atomic mass is 16.5. The number of rotatable bonds is 6. The van der Waals surface area contributed by atoms with Crippen LogP contribution in [-0.2, 0) is 4.79 Å². The van der Waals surface area contributed by atoms with Crippen LogP contribution in [-0.4, -0.2) is 74.0 Å². The summed E-state index contributed by atoms with van der Waals surface area (Å²) >= 11 is 0. The summed E-state index contributed by atoms with van der Waals surface area (Å²) in [6.07, 6.45) is 2.72. The predicted molar refractivity (Wildman–Crippen MR) is 104 cm³/mol. The number of nitrogens with one attached hydrogen (secondary N) is 1. The van der Waals surface area contributed by atoms with Crippen molar-refractivity contribution < 1.29 is 14.3 Å². The lowest BCUT2D eigenvalue weighted by Gasteiger charge is -2.36. The fourth-order valence-electron chi connectivity index (χ4n) is 3.86. The SMILES string of the molecule is COc1ccc(C(=O)NCCN2CCN(C(=O)C3CCC(N)C3)CC2)cc1. The van der Waals surface area contributed by atoms with Crippen molar-refractivity contribution in [2.24, 2.45) is 11.7 Å². The quantitative estimate of drug-likeness (QED) is 0.765. The van der Waals surface area contributed by atoms with Crippen molar-refractivity contribution in [3.05, 3.63) is 29.8 Å². The highest BCUT2D eigenvalue weighted by Crippen LogP contribution is 2.26. The molecule has 3 N–H and O–H groups in total. The second-order valence-electron chi connectivity index (χ2n) is 7.42. The van der Waals surface area contributed by atoms with Crippen molar-refractivity contribution in [2.45, 2.75) is 25.3 Å². The first-order valence-electron chi connectivity index (χ1n) is 9.76. The number of benzene rings is 1. The highest BCUT2D eigenvalue weighted by molar-refractivity contribution is 5.94. The molecule has 1 saturated carbocycles. The Morgan fingerprint density at radius 2 is 1.85 bits per heavy atom. The molecule has 1 saturated heterocycles. The molecule has 0 radical (unpaired) electrons. The number of hydrogen-bond acceptors (Lipinski definition) is 5. The van der Waals surface area contributed by atoms with Crippen molar-refractivity contribution in [3.8, 4) is 5.75 Å². The van der Waals surface area contributed by atoms with Crippen LogP contribution in [0.3, 0.4) is 0 Å². The lowest BCUT2D eigenvalue weighted by atomic mass is 10.1. The van der Waals surface area contributed by atoms with E-state index in [4.69, 9.17) is 10.5 Å². The third-order valence-corrected chi connectivity index (χ3v) is 5.57. The van der Waals surface area contributed by atoms with Gasteiger partial charge in [-0.1, -0.05) is 0 Å². The smallest absolute Gasteiger partial charge is 0.251 e. The van der Waals surface area contributed by atoms with Crippen LogP contribution in [0.5, 0.6) is 5.75 Å². The summed E-state index contributed by atoms with van der Waals surface area (Å²) in [5.74, 6) is 1.05. The Morgan fingerprint density at radius 1 is 1.15 bits per heavy atom. The largest absolute Gasteiger partial charge is 0.497 e. The van der Waals surface area contributed by atoms with Crippen LogP contribution in [0.25, 0.3) is 0 Å². The molecule has 0 bridgehead atoms. The molecule has 1 aliphatic carbocycles. The maximum atomic E-state index is 12.5. The van der Waals surface area contributed by atoms with Crippen LogP contribution >= 0.6 is 0 Å². The first kappa shape index (κ1) is 19.6. The number of amides is 2. The summed E-state index contributed by atoms with van der Waals surface area (Å²) in [6, 6.07) is 7.26. The van der Waals surface area contributed by atoms with Gasteiger partial charge < -0.3 is 20.7 Å². The van der Waals surface area contributed by atoms with Crippen LogP contribution in [0.15, 0.2) is 24.3 Å². The molecule has 7 nitrogen and oxygen atoms in total. The van der Waals surface area contributed by atoms with E-state index in [1.807, 2.05) is 4.90 Å². The van der Waals surface area contributed by atoms with Gasteiger partial charge >= 0.3 is 0 Å². The molecule has 1 aromatic carbocycles. The second kappa shape index (κ2) is 9.19. The Balaban J connectivity index is 1.35. The van der Waals surface area contributed by atoms with Crippen LogP contribution < -0.4 is 15.8 Å². The molecule has 2 atom stereocenters. The Kier molecular flexibility index (Phi) is 6.68. The minimum absolute atomic E-state index is 0.0796. The van der Waals surface area contributed by atoms with E-state index in [0.717, 1.165) is 57.7 Å². The number of methoxy groups -OCH3 is 1. The summed E-state index contributed by atoms with van der Waals surface area (Å²) in [5.41, 5.74) is 6.56. The molecule has 1 aliphatic heterocycles. The van der Waals surface area contributed by atoms with Crippen molar-refractivity contribution in [1.29, 1.82) is 0 Å². The summed E-state index contributed by atoms with van der Waals surface area (Å²) in [6.45, 7) is 4.61. The topological polar surface area (TPSA) is 87.9 Å². The zero-order valence-electron chi connectivity index (χ0n) is 16.0. The van der Waals surface area contributed by atoms with Gasteiger partial charge in [-0.2, -0.15) is 0 Å². The number of carbonyl (C=O) groups is 2. The van der Waals surface area contributed by atoms with Crippen LogP contribution in [0, 0.1) is 5.92 Å². The van der Waals surface area contributed by atoms with E-state index in [1.54, 1.807) is 31.4 Å². The number of hydrogen-bond donors (Lipinski definition) is 2. The Bertz CT molecular complexity index is 641. The number of nitrogens with two attached hydrogens (primary N) is 1. The van der Waals surface area contributed by atoms with Crippen molar-refractivity contribution in [3.63, 3.8) is 0 Å². The maximum absolute atomic E-state index is 12.5. The Hall–Kier alpha value is -2.12. The normalized spacial score (nSPS) is 23.3. The molecule has 0 spiro atoms. The molecule has 2 fully saturated rings. The summed E-state index contributed by atoms with van der Waals surface area (Å²) < 4.78 is 5.10. The van der Waals surface area contributed by atoms with Gasteiger partial charge in [0.2, 0.25) is 5.91 Å². The maximum Gasteiger partial charge on any atom is 0.251 e. The van der Waals surface area contributed by atoms with E-state index in [9.17, 15) is 9.59 Å². The summed E-state index contributed by atoms with van der Waals surface area (Å²) in [5, 5.41) is 2.95. The van der Waals surface area contributed by atoms with Gasteiger partial charge in [-0.25, -0.2) is 0 Å². The zero-order valence-corrected chi connectivity index (χ0v) is 16.0. The molecular weight excluding hydrogens is 344 g/mol. The van der Waals surface area contributed by atoms with Crippen molar-refractivity contribution >= 4 is 11.8 Å². The number of nitrogens with zero attached hydrogens (tertiary/aromatic N) is 2. The predicted octanol–water partition coefficient (Wildman–Crippen LogP) is 0.697. The zero-order chi connectivity index (χ0) is 19.2.